The molecule has 1 amide bonds. The first kappa shape index (κ1) is 20.6. The highest BCUT2D eigenvalue weighted by atomic mass is 35.5. The van der Waals surface area contributed by atoms with Crippen molar-refractivity contribution < 1.29 is 14.3 Å². The first-order valence-electron chi connectivity index (χ1n) is 9.53. The van der Waals surface area contributed by atoms with Crippen molar-refractivity contribution in [1.82, 2.24) is 14.8 Å². The van der Waals surface area contributed by atoms with E-state index in [1.165, 1.54) is 11.8 Å². The molecule has 1 aliphatic heterocycles. The van der Waals surface area contributed by atoms with E-state index in [0.29, 0.717) is 27.9 Å². The number of carbonyl (C=O) groups is 2. The number of fused-ring (bicyclic) bond motifs is 1. The van der Waals surface area contributed by atoms with E-state index in [0.717, 1.165) is 11.1 Å². The molecular weight excluding hydrogens is 418 g/mol. The Hall–Kier alpha value is -3.65. The number of hydrogen-bond acceptors (Lipinski definition) is 6. The third-order valence-corrected chi connectivity index (χ3v) is 5.21. The molecule has 158 valence electrons. The molecule has 1 aliphatic rings. The largest absolute Gasteiger partial charge is 0.463 e. The van der Waals surface area contributed by atoms with Gasteiger partial charge in [-0.2, -0.15) is 4.98 Å². The monoisotopic (exact) mass is 437 g/mol. The van der Waals surface area contributed by atoms with E-state index >= 15 is 0 Å². The van der Waals surface area contributed by atoms with Gasteiger partial charge in [-0.05, 0) is 43.7 Å². The van der Waals surface area contributed by atoms with Crippen molar-refractivity contribution in [3.63, 3.8) is 0 Å². The maximum Gasteiger partial charge on any atom is 0.378 e. The smallest absolute Gasteiger partial charge is 0.378 e. The van der Waals surface area contributed by atoms with E-state index < -0.39 is 12.0 Å². The standard InChI is InChI=1S/C22H20ClN5O3/c1-12-4-6-14(7-5-12)18-17(20(29)25-16-10-8-15(23)9-11-16)13(2)24-22-26-19(21(30)31-3)27-28(18)22/h4-11,18H,1-3H3,(H,25,29)(H,24,26,27). The van der Waals surface area contributed by atoms with Crippen LogP contribution in [0.5, 0.6) is 0 Å². The molecule has 0 fully saturated rings. The van der Waals surface area contributed by atoms with Crippen molar-refractivity contribution in [2.45, 2.75) is 19.9 Å². The summed E-state index contributed by atoms with van der Waals surface area (Å²) >= 11 is 5.94. The fraction of sp³-hybridized carbons (Fsp3) is 0.182. The van der Waals surface area contributed by atoms with Crippen molar-refractivity contribution >= 4 is 35.1 Å². The molecular formula is C22H20ClN5O3. The highest BCUT2D eigenvalue weighted by Gasteiger charge is 2.35. The summed E-state index contributed by atoms with van der Waals surface area (Å²) in [6, 6.07) is 14.0. The summed E-state index contributed by atoms with van der Waals surface area (Å²) in [6.07, 6.45) is 0. The number of anilines is 2. The van der Waals surface area contributed by atoms with Gasteiger partial charge in [-0.25, -0.2) is 9.48 Å². The van der Waals surface area contributed by atoms with E-state index in [9.17, 15) is 9.59 Å². The zero-order valence-electron chi connectivity index (χ0n) is 17.1. The molecule has 1 aromatic heterocycles. The van der Waals surface area contributed by atoms with Gasteiger partial charge < -0.3 is 15.4 Å². The number of nitrogens with one attached hydrogen (secondary N) is 2. The molecule has 31 heavy (non-hydrogen) atoms. The highest BCUT2D eigenvalue weighted by Crippen LogP contribution is 2.35. The summed E-state index contributed by atoms with van der Waals surface area (Å²) in [7, 11) is 1.27. The van der Waals surface area contributed by atoms with Crippen LogP contribution in [-0.4, -0.2) is 33.8 Å². The molecule has 1 atom stereocenters. The van der Waals surface area contributed by atoms with Crippen LogP contribution < -0.4 is 10.6 Å². The van der Waals surface area contributed by atoms with Crippen LogP contribution in [0.4, 0.5) is 11.6 Å². The Morgan fingerprint density at radius 3 is 2.42 bits per heavy atom. The van der Waals surface area contributed by atoms with Crippen LogP contribution in [0.3, 0.4) is 0 Å². The third-order valence-electron chi connectivity index (χ3n) is 4.96. The molecule has 8 nitrogen and oxygen atoms in total. The molecule has 0 spiro atoms. The summed E-state index contributed by atoms with van der Waals surface area (Å²) in [5, 5.41) is 10.9. The second-order valence-corrected chi connectivity index (χ2v) is 7.57. The number of carbonyl (C=O) groups excluding carboxylic acids is 2. The van der Waals surface area contributed by atoms with Gasteiger partial charge in [-0.1, -0.05) is 41.4 Å². The zero-order chi connectivity index (χ0) is 22.1. The minimum Gasteiger partial charge on any atom is -0.463 e. The van der Waals surface area contributed by atoms with Gasteiger partial charge in [0.15, 0.2) is 0 Å². The predicted octanol–water partition coefficient (Wildman–Crippen LogP) is 3.95. The van der Waals surface area contributed by atoms with Gasteiger partial charge in [-0.3, -0.25) is 4.79 Å². The van der Waals surface area contributed by atoms with Gasteiger partial charge in [0.05, 0.1) is 12.7 Å². The Labute approximate surface area is 183 Å². The molecule has 0 saturated heterocycles. The Balaban J connectivity index is 1.78. The Kier molecular flexibility index (Phi) is 5.48. The van der Waals surface area contributed by atoms with Crippen molar-refractivity contribution in [1.29, 1.82) is 0 Å². The predicted molar refractivity (Wildman–Crippen MR) is 117 cm³/mol. The number of nitrogens with zero attached hydrogens (tertiary/aromatic N) is 3. The van der Waals surface area contributed by atoms with Gasteiger partial charge in [0, 0.05) is 16.4 Å². The number of halogens is 1. The Bertz CT molecular complexity index is 1180. The number of aromatic nitrogens is 3. The summed E-state index contributed by atoms with van der Waals surface area (Å²) in [6.45, 7) is 3.77. The van der Waals surface area contributed by atoms with Crippen molar-refractivity contribution in [2.75, 3.05) is 17.7 Å². The Morgan fingerprint density at radius 1 is 1.10 bits per heavy atom. The van der Waals surface area contributed by atoms with E-state index in [4.69, 9.17) is 16.3 Å². The average molecular weight is 438 g/mol. The van der Waals surface area contributed by atoms with Crippen LogP contribution in [0.25, 0.3) is 0 Å². The van der Waals surface area contributed by atoms with Crippen molar-refractivity contribution in [2.24, 2.45) is 0 Å². The second-order valence-electron chi connectivity index (χ2n) is 7.13. The number of aryl methyl sites for hydroxylation is 1. The number of rotatable bonds is 4. The normalized spacial score (nSPS) is 15.2. The lowest BCUT2D eigenvalue weighted by Gasteiger charge is -2.28. The van der Waals surface area contributed by atoms with E-state index in [-0.39, 0.29) is 11.7 Å². The number of hydrogen-bond donors (Lipinski definition) is 2. The van der Waals surface area contributed by atoms with Crippen molar-refractivity contribution in [3.8, 4) is 0 Å². The number of methoxy groups -OCH3 is 1. The quantitative estimate of drug-likeness (QED) is 0.599. The number of ether oxygens (including phenoxy) is 1. The molecule has 3 aromatic rings. The molecule has 2 aromatic carbocycles. The number of benzene rings is 2. The molecule has 0 radical (unpaired) electrons. The van der Waals surface area contributed by atoms with Gasteiger partial charge in [0.2, 0.25) is 5.95 Å². The lowest BCUT2D eigenvalue weighted by atomic mass is 9.94. The zero-order valence-corrected chi connectivity index (χ0v) is 17.9. The maximum atomic E-state index is 13.3. The van der Waals surface area contributed by atoms with Gasteiger partial charge >= 0.3 is 5.97 Å². The van der Waals surface area contributed by atoms with Crippen LogP contribution >= 0.6 is 11.6 Å². The third kappa shape index (κ3) is 4.02. The minimum atomic E-state index is -0.656. The molecule has 0 saturated carbocycles. The van der Waals surface area contributed by atoms with Gasteiger partial charge in [-0.15, -0.1) is 5.10 Å². The molecule has 0 bridgehead atoms. The van der Waals surface area contributed by atoms with Gasteiger partial charge in [0.1, 0.15) is 6.04 Å². The summed E-state index contributed by atoms with van der Waals surface area (Å²) < 4.78 is 6.28. The molecule has 9 heteroatoms. The molecule has 4 rings (SSSR count). The highest BCUT2D eigenvalue weighted by molar-refractivity contribution is 6.30. The lowest BCUT2D eigenvalue weighted by Crippen LogP contribution is -2.31. The van der Waals surface area contributed by atoms with Crippen LogP contribution in [0.1, 0.15) is 34.7 Å². The minimum absolute atomic E-state index is 0.0886. The molecule has 2 heterocycles. The van der Waals surface area contributed by atoms with E-state index in [1.807, 2.05) is 31.2 Å². The van der Waals surface area contributed by atoms with E-state index in [2.05, 4.69) is 20.7 Å². The average Bonchev–Trinajstić information content (AvgIpc) is 3.18. The van der Waals surface area contributed by atoms with Crippen LogP contribution in [0, 0.1) is 6.92 Å². The van der Waals surface area contributed by atoms with Crippen molar-refractivity contribution in [3.05, 3.63) is 81.8 Å². The molecule has 1 unspecified atom stereocenters. The lowest BCUT2D eigenvalue weighted by molar-refractivity contribution is -0.113. The fourth-order valence-electron chi connectivity index (χ4n) is 3.41. The maximum absolute atomic E-state index is 13.3. The molecule has 2 N–H and O–H groups in total. The SMILES string of the molecule is COC(=O)c1nc2n(n1)C(c1ccc(C)cc1)C(C(=O)Nc1ccc(Cl)cc1)=C(C)N2. The fourth-order valence-corrected chi connectivity index (χ4v) is 3.54. The summed E-state index contributed by atoms with van der Waals surface area (Å²) in [4.78, 5) is 29.6. The number of esters is 1. The van der Waals surface area contributed by atoms with Gasteiger partial charge in [0.25, 0.3) is 11.7 Å². The second kappa shape index (κ2) is 8.23. The first-order valence-corrected chi connectivity index (χ1v) is 9.91. The number of amides is 1. The van der Waals surface area contributed by atoms with Crippen LogP contribution in [0.15, 0.2) is 59.8 Å². The topological polar surface area (TPSA) is 98.1 Å². The number of allylic oxidation sites excluding steroid dienone is 1. The van der Waals surface area contributed by atoms with Crippen LogP contribution in [-0.2, 0) is 9.53 Å². The van der Waals surface area contributed by atoms with Crippen LogP contribution in [0.2, 0.25) is 5.02 Å². The molecule has 0 aliphatic carbocycles. The Morgan fingerprint density at radius 2 is 1.77 bits per heavy atom. The summed E-state index contributed by atoms with van der Waals surface area (Å²) in [5.74, 6) is -0.698. The first-order chi connectivity index (χ1) is 14.9. The summed E-state index contributed by atoms with van der Waals surface area (Å²) in [5.41, 5.74) is 3.58. The van der Waals surface area contributed by atoms with E-state index in [1.54, 1.807) is 31.2 Å².